The van der Waals surface area contributed by atoms with Gasteiger partial charge in [0.25, 0.3) is 0 Å². The normalized spacial score (nSPS) is 20.9. The number of hydrogen-bond acceptors (Lipinski definition) is 5. The van der Waals surface area contributed by atoms with E-state index in [1.807, 2.05) is 32.0 Å². The molecule has 110 valence electrons. The lowest BCUT2D eigenvalue weighted by Gasteiger charge is -2.17. The van der Waals surface area contributed by atoms with Crippen LogP contribution in [0.3, 0.4) is 0 Å². The summed E-state index contributed by atoms with van der Waals surface area (Å²) in [5, 5.41) is 3.29. The van der Waals surface area contributed by atoms with Crippen molar-refractivity contribution in [1.82, 2.24) is 5.32 Å². The van der Waals surface area contributed by atoms with Crippen LogP contribution in [0.1, 0.15) is 29.8 Å². The van der Waals surface area contributed by atoms with Gasteiger partial charge in [-0.25, -0.2) is 4.79 Å². The Kier molecular flexibility index (Phi) is 4.75. The van der Waals surface area contributed by atoms with Crippen molar-refractivity contribution >= 4 is 5.97 Å². The Hall–Kier alpha value is -1.43. The van der Waals surface area contributed by atoms with E-state index < -0.39 is 5.79 Å². The molecule has 0 bridgehead atoms. The van der Waals surface area contributed by atoms with E-state index in [4.69, 9.17) is 14.2 Å². The van der Waals surface area contributed by atoms with E-state index in [1.54, 1.807) is 6.07 Å². The highest BCUT2D eigenvalue weighted by Gasteiger charge is 2.32. The molecule has 0 saturated carbocycles. The number of nitrogens with one attached hydrogen (secondary N) is 1. The largest absolute Gasteiger partial charge is 0.465 e. The fraction of sp³-hybridized carbons (Fsp3) is 0.533. The SMILES string of the molecule is COC(=O)c1ccccc1CNCC1COC(C)(C)O1. The van der Waals surface area contributed by atoms with Gasteiger partial charge < -0.3 is 19.5 Å². The standard InChI is InChI=1S/C15H21NO4/c1-15(2)19-10-12(20-15)9-16-8-11-6-4-5-7-13(11)14(17)18-3/h4-7,12,16H,8-10H2,1-3H3. The number of esters is 1. The summed E-state index contributed by atoms with van der Waals surface area (Å²) >= 11 is 0. The first-order valence-corrected chi connectivity index (χ1v) is 6.70. The third kappa shape index (κ3) is 3.79. The molecule has 1 aromatic carbocycles. The molecule has 0 aromatic heterocycles. The van der Waals surface area contributed by atoms with Crippen molar-refractivity contribution in [3.05, 3.63) is 35.4 Å². The van der Waals surface area contributed by atoms with Gasteiger partial charge in [-0.2, -0.15) is 0 Å². The molecule has 0 aliphatic carbocycles. The monoisotopic (exact) mass is 279 g/mol. The van der Waals surface area contributed by atoms with E-state index in [1.165, 1.54) is 7.11 Å². The summed E-state index contributed by atoms with van der Waals surface area (Å²) in [6.45, 7) is 5.66. The van der Waals surface area contributed by atoms with Crippen LogP contribution >= 0.6 is 0 Å². The number of benzene rings is 1. The molecule has 0 spiro atoms. The molecule has 20 heavy (non-hydrogen) atoms. The topological polar surface area (TPSA) is 56.8 Å². The van der Waals surface area contributed by atoms with Crippen molar-refractivity contribution in [2.75, 3.05) is 20.3 Å². The molecule has 5 nitrogen and oxygen atoms in total. The molecule has 1 atom stereocenters. The van der Waals surface area contributed by atoms with Gasteiger partial charge in [0.2, 0.25) is 0 Å². The molecule has 1 aromatic rings. The zero-order chi connectivity index (χ0) is 14.6. The number of carbonyl (C=O) groups is 1. The third-order valence-corrected chi connectivity index (χ3v) is 3.18. The minimum absolute atomic E-state index is 0.0373. The molecule has 0 amide bonds. The molecule has 1 N–H and O–H groups in total. The maximum Gasteiger partial charge on any atom is 0.338 e. The molecule has 1 heterocycles. The van der Waals surface area contributed by atoms with Crippen LogP contribution in [0.2, 0.25) is 0 Å². The lowest BCUT2D eigenvalue weighted by molar-refractivity contribution is -0.137. The molecule has 0 radical (unpaired) electrons. The maximum absolute atomic E-state index is 11.6. The highest BCUT2D eigenvalue weighted by molar-refractivity contribution is 5.90. The van der Waals surface area contributed by atoms with Crippen LogP contribution < -0.4 is 5.32 Å². The average Bonchev–Trinajstić information content (AvgIpc) is 2.78. The first kappa shape index (κ1) is 15.0. The van der Waals surface area contributed by atoms with E-state index in [9.17, 15) is 4.79 Å². The Morgan fingerprint density at radius 3 is 2.85 bits per heavy atom. The molecular weight excluding hydrogens is 258 g/mol. The molecule has 1 aliphatic heterocycles. The Morgan fingerprint density at radius 2 is 2.20 bits per heavy atom. The highest BCUT2D eigenvalue weighted by atomic mass is 16.7. The number of carbonyl (C=O) groups excluding carboxylic acids is 1. The van der Waals surface area contributed by atoms with Crippen molar-refractivity contribution < 1.29 is 19.0 Å². The Balaban J connectivity index is 1.87. The Bertz CT molecular complexity index is 473. The fourth-order valence-electron chi connectivity index (χ4n) is 2.22. The zero-order valence-corrected chi connectivity index (χ0v) is 12.1. The molecule has 1 fully saturated rings. The van der Waals surface area contributed by atoms with Gasteiger partial charge in [-0.15, -0.1) is 0 Å². The van der Waals surface area contributed by atoms with Crippen molar-refractivity contribution in [3.8, 4) is 0 Å². The molecule has 1 unspecified atom stereocenters. The molecular formula is C15H21NO4. The second-order valence-corrected chi connectivity index (χ2v) is 5.23. The first-order valence-electron chi connectivity index (χ1n) is 6.70. The number of ether oxygens (including phenoxy) is 3. The van der Waals surface area contributed by atoms with E-state index >= 15 is 0 Å². The lowest BCUT2D eigenvalue weighted by Crippen LogP contribution is -2.30. The lowest BCUT2D eigenvalue weighted by atomic mass is 10.1. The summed E-state index contributed by atoms with van der Waals surface area (Å²) in [4.78, 5) is 11.6. The molecule has 2 rings (SSSR count). The quantitative estimate of drug-likeness (QED) is 0.832. The maximum atomic E-state index is 11.6. The van der Waals surface area contributed by atoms with E-state index in [2.05, 4.69) is 5.32 Å². The smallest absolute Gasteiger partial charge is 0.338 e. The van der Waals surface area contributed by atoms with Crippen molar-refractivity contribution in [3.63, 3.8) is 0 Å². The van der Waals surface area contributed by atoms with Gasteiger partial charge in [0.05, 0.1) is 25.4 Å². The van der Waals surface area contributed by atoms with Gasteiger partial charge in [0.1, 0.15) is 0 Å². The predicted molar refractivity (Wildman–Crippen MR) is 74.4 cm³/mol. The van der Waals surface area contributed by atoms with Crippen molar-refractivity contribution in [1.29, 1.82) is 0 Å². The van der Waals surface area contributed by atoms with Crippen LogP contribution in [0, 0.1) is 0 Å². The summed E-state index contributed by atoms with van der Waals surface area (Å²) in [7, 11) is 1.39. The van der Waals surface area contributed by atoms with Gasteiger partial charge in [0.15, 0.2) is 5.79 Å². The first-order chi connectivity index (χ1) is 9.52. The molecule has 1 saturated heterocycles. The zero-order valence-electron chi connectivity index (χ0n) is 12.1. The average molecular weight is 279 g/mol. The Morgan fingerprint density at radius 1 is 1.45 bits per heavy atom. The van der Waals surface area contributed by atoms with Crippen LogP contribution in [-0.4, -0.2) is 38.1 Å². The number of hydrogen-bond donors (Lipinski definition) is 1. The molecule has 5 heteroatoms. The van der Waals surface area contributed by atoms with Crippen LogP contribution in [0.15, 0.2) is 24.3 Å². The Labute approximate surface area is 119 Å². The van der Waals surface area contributed by atoms with Crippen molar-refractivity contribution in [2.24, 2.45) is 0 Å². The van der Waals surface area contributed by atoms with E-state index in [0.717, 1.165) is 5.56 Å². The van der Waals surface area contributed by atoms with E-state index in [-0.39, 0.29) is 12.1 Å². The van der Waals surface area contributed by atoms with Gasteiger partial charge >= 0.3 is 5.97 Å². The van der Waals surface area contributed by atoms with Gasteiger partial charge in [-0.3, -0.25) is 0 Å². The number of methoxy groups -OCH3 is 1. The highest BCUT2D eigenvalue weighted by Crippen LogP contribution is 2.21. The van der Waals surface area contributed by atoms with Gasteiger partial charge in [0, 0.05) is 13.1 Å². The second-order valence-electron chi connectivity index (χ2n) is 5.23. The van der Waals surface area contributed by atoms with Crippen LogP contribution in [0.5, 0.6) is 0 Å². The molecule has 1 aliphatic rings. The summed E-state index contributed by atoms with van der Waals surface area (Å²) in [6.07, 6.45) is 0.0373. The summed E-state index contributed by atoms with van der Waals surface area (Å²) in [5.74, 6) is -0.819. The summed E-state index contributed by atoms with van der Waals surface area (Å²) in [5.41, 5.74) is 1.50. The fourth-order valence-corrected chi connectivity index (χ4v) is 2.22. The minimum atomic E-state index is -0.504. The number of rotatable bonds is 5. The predicted octanol–water partition coefficient (Wildman–Crippen LogP) is 1.71. The summed E-state index contributed by atoms with van der Waals surface area (Å²) in [6, 6.07) is 7.41. The minimum Gasteiger partial charge on any atom is -0.465 e. The van der Waals surface area contributed by atoms with E-state index in [0.29, 0.717) is 25.3 Å². The van der Waals surface area contributed by atoms with Crippen LogP contribution in [0.4, 0.5) is 0 Å². The van der Waals surface area contributed by atoms with Crippen molar-refractivity contribution in [2.45, 2.75) is 32.3 Å². The van der Waals surface area contributed by atoms with Gasteiger partial charge in [-0.1, -0.05) is 18.2 Å². The third-order valence-electron chi connectivity index (χ3n) is 3.18. The van der Waals surface area contributed by atoms with Crippen LogP contribution in [0.25, 0.3) is 0 Å². The van der Waals surface area contributed by atoms with Crippen LogP contribution in [-0.2, 0) is 20.8 Å². The second kappa shape index (κ2) is 6.35. The summed E-state index contributed by atoms with van der Waals surface area (Å²) < 4.78 is 16.0. The van der Waals surface area contributed by atoms with Gasteiger partial charge in [-0.05, 0) is 25.5 Å².